The second kappa shape index (κ2) is 10.4. The second-order valence-corrected chi connectivity index (χ2v) is 8.35. The molecule has 0 aliphatic carbocycles. The van der Waals surface area contributed by atoms with Crippen LogP contribution in [0.15, 0.2) is 35.7 Å². The minimum absolute atomic E-state index is 0.260. The van der Waals surface area contributed by atoms with Crippen LogP contribution in [0.5, 0.6) is 6.01 Å². The molecule has 1 N–H and O–H groups in total. The summed E-state index contributed by atoms with van der Waals surface area (Å²) in [5.74, 6) is 0.823. The second-order valence-electron chi connectivity index (χ2n) is 7.06. The quantitative estimate of drug-likeness (QED) is 0.423. The standard InChI is InChI=1S/C21H25N7O2S/c1-15-13-18(31-16(15)2)14-23-27-20-24-19(17-3-5-22-6-4-17)25-21(26-20)30-12-9-28-7-10-29-11-8-28/h3-6,13-14H,7-12H2,1-2H3,(H,24,25,26,27). The van der Waals surface area contributed by atoms with Gasteiger partial charge in [-0.3, -0.25) is 9.88 Å². The Labute approximate surface area is 185 Å². The smallest absolute Gasteiger partial charge is 0.321 e. The Morgan fingerprint density at radius 3 is 2.74 bits per heavy atom. The highest BCUT2D eigenvalue weighted by atomic mass is 32.1. The third-order valence-electron chi connectivity index (χ3n) is 4.84. The molecule has 10 heteroatoms. The molecule has 31 heavy (non-hydrogen) atoms. The van der Waals surface area contributed by atoms with Crippen molar-refractivity contribution in [1.82, 2.24) is 24.8 Å². The predicted molar refractivity (Wildman–Crippen MR) is 121 cm³/mol. The molecule has 0 spiro atoms. The van der Waals surface area contributed by atoms with Gasteiger partial charge in [0.25, 0.3) is 0 Å². The third kappa shape index (κ3) is 6.03. The molecule has 9 nitrogen and oxygen atoms in total. The van der Waals surface area contributed by atoms with Crippen molar-refractivity contribution in [2.75, 3.05) is 44.9 Å². The first-order chi connectivity index (χ1) is 15.2. The number of pyridine rings is 1. The maximum atomic E-state index is 5.85. The van der Waals surface area contributed by atoms with Crippen molar-refractivity contribution in [1.29, 1.82) is 0 Å². The topological polar surface area (TPSA) is 97.7 Å². The Balaban J connectivity index is 1.47. The SMILES string of the molecule is Cc1cc(C=NNc2nc(OCCN3CCOCC3)nc(-c3ccncc3)n2)sc1C. The van der Waals surface area contributed by atoms with E-state index >= 15 is 0 Å². The summed E-state index contributed by atoms with van der Waals surface area (Å²) in [5, 5.41) is 4.29. The molecule has 162 valence electrons. The van der Waals surface area contributed by atoms with E-state index in [0.29, 0.717) is 18.4 Å². The average Bonchev–Trinajstić information content (AvgIpc) is 3.12. The summed E-state index contributed by atoms with van der Waals surface area (Å²) in [6.45, 7) is 8.79. The Bertz CT molecular complexity index is 1000. The first-order valence-electron chi connectivity index (χ1n) is 10.1. The Kier molecular flexibility index (Phi) is 7.13. The van der Waals surface area contributed by atoms with E-state index in [1.807, 2.05) is 12.1 Å². The molecule has 0 atom stereocenters. The molecule has 1 aliphatic rings. The zero-order valence-electron chi connectivity index (χ0n) is 17.6. The molecule has 1 aliphatic heterocycles. The van der Waals surface area contributed by atoms with Gasteiger partial charge in [-0.2, -0.15) is 20.1 Å². The maximum Gasteiger partial charge on any atom is 0.321 e. The number of aromatic nitrogens is 4. The number of rotatable bonds is 8. The number of nitrogens with zero attached hydrogens (tertiary/aromatic N) is 6. The van der Waals surface area contributed by atoms with E-state index in [-0.39, 0.29) is 6.01 Å². The Morgan fingerprint density at radius 1 is 1.19 bits per heavy atom. The predicted octanol–water partition coefficient (Wildman–Crippen LogP) is 2.77. The van der Waals surface area contributed by atoms with Gasteiger partial charge in [-0.1, -0.05) is 0 Å². The molecule has 0 amide bonds. The van der Waals surface area contributed by atoms with E-state index in [2.05, 4.69) is 55.3 Å². The molecule has 0 aromatic carbocycles. The van der Waals surface area contributed by atoms with Gasteiger partial charge in [-0.25, -0.2) is 5.43 Å². The zero-order chi connectivity index (χ0) is 21.5. The third-order valence-corrected chi connectivity index (χ3v) is 5.92. The van der Waals surface area contributed by atoms with E-state index in [9.17, 15) is 0 Å². The molecule has 4 heterocycles. The molecule has 0 saturated carbocycles. The molecule has 0 unspecified atom stereocenters. The van der Waals surface area contributed by atoms with Crippen LogP contribution >= 0.6 is 11.3 Å². The summed E-state index contributed by atoms with van der Waals surface area (Å²) in [6, 6.07) is 6.05. The molecule has 4 rings (SSSR count). The fraction of sp³-hybridized carbons (Fsp3) is 0.381. The van der Waals surface area contributed by atoms with Crippen molar-refractivity contribution in [3.63, 3.8) is 0 Å². The molecular formula is C21H25N7O2S. The van der Waals surface area contributed by atoms with E-state index in [1.165, 1.54) is 10.4 Å². The van der Waals surface area contributed by atoms with Crippen LogP contribution in [0.25, 0.3) is 11.4 Å². The normalized spacial score (nSPS) is 14.8. The number of nitrogens with one attached hydrogen (secondary N) is 1. The summed E-state index contributed by atoms with van der Waals surface area (Å²) in [7, 11) is 0. The highest BCUT2D eigenvalue weighted by Crippen LogP contribution is 2.20. The van der Waals surface area contributed by atoms with Crippen molar-refractivity contribution in [3.8, 4) is 17.4 Å². The minimum atomic E-state index is 0.260. The lowest BCUT2D eigenvalue weighted by molar-refractivity contribution is 0.0317. The lowest BCUT2D eigenvalue weighted by atomic mass is 10.2. The number of thiophene rings is 1. The van der Waals surface area contributed by atoms with Gasteiger partial charge < -0.3 is 9.47 Å². The average molecular weight is 440 g/mol. The van der Waals surface area contributed by atoms with Crippen LogP contribution in [0, 0.1) is 13.8 Å². The molecule has 3 aromatic rings. The highest BCUT2D eigenvalue weighted by Gasteiger charge is 2.12. The van der Waals surface area contributed by atoms with Gasteiger partial charge in [0.05, 0.1) is 19.4 Å². The molecule has 3 aromatic heterocycles. The van der Waals surface area contributed by atoms with E-state index in [1.54, 1.807) is 29.9 Å². The largest absolute Gasteiger partial charge is 0.462 e. The first kappa shape index (κ1) is 21.3. The number of anilines is 1. The van der Waals surface area contributed by atoms with Gasteiger partial charge >= 0.3 is 6.01 Å². The number of hydrogen-bond acceptors (Lipinski definition) is 10. The number of hydrazone groups is 1. The lowest BCUT2D eigenvalue weighted by Crippen LogP contribution is -2.38. The van der Waals surface area contributed by atoms with Crippen molar-refractivity contribution >= 4 is 23.5 Å². The minimum Gasteiger partial charge on any atom is -0.462 e. The van der Waals surface area contributed by atoms with Crippen molar-refractivity contribution < 1.29 is 9.47 Å². The fourth-order valence-electron chi connectivity index (χ4n) is 3.01. The summed E-state index contributed by atoms with van der Waals surface area (Å²) >= 11 is 1.69. The highest BCUT2D eigenvalue weighted by molar-refractivity contribution is 7.13. The summed E-state index contributed by atoms with van der Waals surface area (Å²) in [5.41, 5.74) is 4.98. The van der Waals surface area contributed by atoms with Crippen LogP contribution in [-0.4, -0.2) is 70.5 Å². The van der Waals surface area contributed by atoms with Crippen molar-refractivity contribution in [2.24, 2.45) is 5.10 Å². The van der Waals surface area contributed by atoms with Crippen LogP contribution in [-0.2, 0) is 4.74 Å². The van der Waals surface area contributed by atoms with Gasteiger partial charge in [0.2, 0.25) is 5.95 Å². The fourth-order valence-corrected chi connectivity index (χ4v) is 3.93. The van der Waals surface area contributed by atoms with E-state index < -0.39 is 0 Å². The Hall–Kier alpha value is -2.95. The summed E-state index contributed by atoms with van der Waals surface area (Å²) in [4.78, 5) is 22.0. The van der Waals surface area contributed by atoms with E-state index in [4.69, 9.17) is 9.47 Å². The number of aryl methyl sites for hydroxylation is 2. The molecule has 1 saturated heterocycles. The van der Waals surface area contributed by atoms with Crippen LogP contribution in [0.2, 0.25) is 0 Å². The lowest BCUT2D eigenvalue weighted by Gasteiger charge is -2.26. The molecule has 1 fully saturated rings. The zero-order valence-corrected chi connectivity index (χ0v) is 18.4. The first-order valence-corrected chi connectivity index (χ1v) is 10.9. The van der Waals surface area contributed by atoms with Gasteiger partial charge in [0, 0.05) is 47.3 Å². The van der Waals surface area contributed by atoms with Gasteiger partial charge in [0.1, 0.15) is 6.61 Å². The van der Waals surface area contributed by atoms with Crippen LogP contribution < -0.4 is 10.2 Å². The molecular weight excluding hydrogens is 414 g/mol. The van der Waals surface area contributed by atoms with Gasteiger partial charge in [0.15, 0.2) is 5.82 Å². The van der Waals surface area contributed by atoms with Crippen molar-refractivity contribution in [2.45, 2.75) is 13.8 Å². The summed E-state index contributed by atoms with van der Waals surface area (Å²) < 4.78 is 11.2. The number of ether oxygens (including phenoxy) is 2. The van der Waals surface area contributed by atoms with Gasteiger partial charge in [-0.15, -0.1) is 11.3 Å². The number of hydrogen-bond donors (Lipinski definition) is 1. The van der Waals surface area contributed by atoms with Crippen molar-refractivity contribution in [3.05, 3.63) is 45.9 Å². The Morgan fingerprint density at radius 2 is 2.00 bits per heavy atom. The van der Waals surface area contributed by atoms with E-state index in [0.717, 1.165) is 43.3 Å². The molecule has 0 bridgehead atoms. The van der Waals surface area contributed by atoms with Crippen LogP contribution in [0.4, 0.5) is 5.95 Å². The van der Waals surface area contributed by atoms with Crippen LogP contribution in [0.3, 0.4) is 0 Å². The summed E-state index contributed by atoms with van der Waals surface area (Å²) in [6.07, 6.45) is 5.16. The monoisotopic (exact) mass is 439 g/mol. The molecule has 0 radical (unpaired) electrons. The van der Waals surface area contributed by atoms with Gasteiger partial charge in [-0.05, 0) is 37.6 Å². The number of morpholine rings is 1. The maximum absolute atomic E-state index is 5.85. The van der Waals surface area contributed by atoms with Crippen LogP contribution in [0.1, 0.15) is 15.3 Å².